The molecule has 1 unspecified atom stereocenters. The van der Waals surface area contributed by atoms with Gasteiger partial charge < -0.3 is 15.2 Å². The summed E-state index contributed by atoms with van der Waals surface area (Å²) in [7, 11) is 4.10. The number of hydrogen-bond donors (Lipinski definition) is 1. The molecule has 2 N–H and O–H groups in total. The molecule has 2 aromatic rings. The fourth-order valence-electron chi connectivity index (χ4n) is 1.74. The average molecular weight is 253 g/mol. The Kier molecular flexibility index (Phi) is 3.26. The van der Waals surface area contributed by atoms with Crippen LogP contribution in [0, 0.1) is 0 Å². The lowest BCUT2D eigenvalue weighted by Gasteiger charge is -2.21. The fraction of sp³-hybridized carbons (Fsp3) is 0.417. The second-order valence-corrected chi connectivity index (χ2v) is 4.96. The predicted octanol–water partition coefficient (Wildman–Crippen LogP) is 2.22. The minimum Gasteiger partial charge on any atom is -0.369 e. The van der Waals surface area contributed by atoms with Crippen LogP contribution in [-0.2, 0) is 6.54 Å². The summed E-state index contributed by atoms with van der Waals surface area (Å²) in [5.41, 5.74) is 7.82. The van der Waals surface area contributed by atoms with E-state index >= 15 is 0 Å². The van der Waals surface area contributed by atoms with Gasteiger partial charge in [-0.15, -0.1) is 0 Å². The van der Waals surface area contributed by atoms with E-state index in [1.54, 1.807) is 0 Å². The molecule has 92 valence electrons. The molecule has 0 spiro atoms. The molecule has 1 heterocycles. The number of hydrogen-bond acceptors (Lipinski definition) is 3. The van der Waals surface area contributed by atoms with Gasteiger partial charge >= 0.3 is 0 Å². The maximum atomic E-state index is 5.94. The van der Waals surface area contributed by atoms with Crippen LogP contribution in [0.2, 0.25) is 5.02 Å². The summed E-state index contributed by atoms with van der Waals surface area (Å²) < 4.78 is 2.02. The van der Waals surface area contributed by atoms with E-state index in [-0.39, 0.29) is 0 Å². The van der Waals surface area contributed by atoms with Crippen molar-refractivity contribution in [2.75, 3.05) is 19.8 Å². The molecule has 0 fully saturated rings. The Balaban J connectivity index is 2.43. The molecule has 0 bridgehead atoms. The Bertz CT molecular complexity index is 533. The quantitative estimate of drug-likeness (QED) is 0.911. The van der Waals surface area contributed by atoms with Gasteiger partial charge in [0.05, 0.1) is 11.0 Å². The van der Waals surface area contributed by atoms with Crippen LogP contribution < -0.4 is 5.73 Å². The van der Waals surface area contributed by atoms with Crippen molar-refractivity contribution in [2.45, 2.75) is 19.5 Å². The van der Waals surface area contributed by atoms with Gasteiger partial charge in [-0.25, -0.2) is 4.98 Å². The fourth-order valence-corrected chi connectivity index (χ4v) is 1.91. The van der Waals surface area contributed by atoms with Gasteiger partial charge in [0.1, 0.15) is 0 Å². The molecule has 0 aliphatic heterocycles. The molecule has 1 atom stereocenters. The van der Waals surface area contributed by atoms with Crippen molar-refractivity contribution in [1.82, 2.24) is 14.5 Å². The molecule has 1 aromatic carbocycles. The van der Waals surface area contributed by atoms with Crippen molar-refractivity contribution in [1.29, 1.82) is 0 Å². The number of anilines is 1. The molecule has 1 aromatic heterocycles. The third-order valence-corrected chi connectivity index (χ3v) is 3.30. The molecule has 0 saturated heterocycles. The standard InChI is InChI=1S/C12H17ClN4/c1-8(16(2)3)7-17-11-5-4-9(13)6-10(11)15-12(17)14/h4-6,8H,7H2,1-3H3,(H2,14,15). The number of nitrogens with zero attached hydrogens (tertiary/aromatic N) is 3. The molecule has 2 rings (SSSR count). The first-order chi connectivity index (χ1) is 7.99. The summed E-state index contributed by atoms with van der Waals surface area (Å²) in [6.07, 6.45) is 0. The van der Waals surface area contributed by atoms with Gasteiger partial charge in [-0.2, -0.15) is 0 Å². The van der Waals surface area contributed by atoms with Gasteiger partial charge in [0, 0.05) is 17.6 Å². The summed E-state index contributed by atoms with van der Waals surface area (Å²) in [5.74, 6) is 0.538. The third kappa shape index (κ3) is 2.37. The Hall–Kier alpha value is -1.26. The van der Waals surface area contributed by atoms with E-state index < -0.39 is 0 Å². The van der Waals surface area contributed by atoms with Crippen molar-refractivity contribution >= 4 is 28.6 Å². The van der Waals surface area contributed by atoms with Crippen LogP contribution in [0.25, 0.3) is 11.0 Å². The normalized spacial score (nSPS) is 13.5. The van der Waals surface area contributed by atoms with Gasteiger partial charge in [-0.1, -0.05) is 11.6 Å². The first-order valence-electron chi connectivity index (χ1n) is 5.56. The van der Waals surface area contributed by atoms with Gasteiger partial charge in [0.2, 0.25) is 5.95 Å². The molecule has 17 heavy (non-hydrogen) atoms. The second-order valence-electron chi connectivity index (χ2n) is 4.53. The summed E-state index contributed by atoms with van der Waals surface area (Å²) in [6, 6.07) is 6.06. The summed E-state index contributed by atoms with van der Waals surface area (Å²) in [6.45, 7) is 2.97. The van der Waals surface area contributed by atoms with Gasteiger partial charge in [0.25, 0.3) is 0 Å². The number of fused-ring (bicyclic) bond motifs is 1. The van der Waals surface area contributed by atoms with Crippen molar-refractivity contribution in [2.24, 2.45) is 0 Å². The van der Waals surface area contributed by atoms with E-state index in [0.717, 1.165) is 17.6 Å². The van der Waals surface area contributed by atoms with E-state index in [1.165, 1.54) is 0 Å². The van der Waals surface area contributed by atoms with Gasteiger partial charge in [0.15, 0.2) is 0 Å². The molecule has 0 aliphatic rings. The van der Waals surface area contributed by atoms with E-state index in [1.807, 2.05) is 22.8 Å². The highest BCUT2D eigenvalue weighted by atomic mass is 35.5. The van der Waals surface area contributed by atoms with E-state index in [0.29, 0.717) is 17.0 Å². The number of aromatic nitrogens is 2. The van der Waals surface area contributed by atoms with Gasteiger partial charge in [-0.3, -0.25) is 0 Å². The number of likely N-dealkylation sites (N-methyl/N-ethyl adjacent to an activating group) is 1. The number of imidazole rings is 1. The molecule has 4 nitrogen and oxygen atoms in total. The highest BCUT2D eigenvalue weighted by Gasteiger charge is 2.12. The van der Waals surface area contributed by atoms with Crippen LogP contribution in [0.5, 0.6) is 0 Å². The number of nitrogens with two attached hydrogens (primary N) is 1. The van der Waals surface area contributed by atoms with E-state index in [4.69, 9.17) is 17.3 Å². The topological polar surface area (TPSA) is 47.1 Å². The lowest BCUT2D eigenvalue weighted by molar-refractivity contribution is 0.287. The lowest BCUT2D eigenvalue weighted by atomic mass is 10.3. The third-order valence-electron chi connectivity index (χ3n) is 3.07. The van der Waals surface area contributed by atoms with E-state index in [2.05, 4.69) is 30.9 Å². The highest BCUT2D eigenvalue weighted by molar-refractivity contribution is 6.31. The Morgan fingerprint density at radius 1 is 1.47 bits per heavy atom. The van der Waals surface area contributed by atoms with Crippen molar-refractivity contribution in [3.63, 3.8) is 0 Å². The summed E-state index contributed by atoms with van der Waals surface area (Å²) >= 11 is 5.94. The summed E-state index contributed by atoms with van der Waals surface area (Å²) in [4.78, 5) is 6.48. The number of nitrogen functional groups attached to an aromatic ring is 1. The SMILES string of the molecule is CC(Cn1c(N)nc2cc(Cl)ccc21)N(C)C. The number of halogens is 1. The molecule has 0 amide bonds. The second kappa shape index (κ2) is 4.55. The minimum absolute atomic E-state index is 0.394. The van der Waals surface area contributed by atoms with Crippen molar-refractivity contribution in [3.05, 3.63) is 23.2 Å². The molecular weight excluding hydrogens is 236 g/mol. The maximum absolute atomic E-state index is 5.94. The Morgan fingerprint density at radius 2 is 2.18 bits per heavy atom. The monoisotopic (exact) mass is 252 g/mol. The molecule has 0 radical (unpaired) electrons. The lowest BCUT2D eigenvalue weighted by Crippen LogP contribution is -2.29. The van der Waals surface area contributed by atoms with Crippen LogP contribution in [0.15, 0.2) is 18.2 Å². The van der Waals surface area contributed by atoms with Crippen LogP contribution in [-0.4, -0.2) is 34.6 Å². The Labute approximate surface area is 106 Å². The predicted molar refractivity (Wildman–Crippen MR) is 72.3 cm³/mol. The maximum Gasteiger partial charge on any atom is 0.201 e. The zero-order chi connectivity index (χ0) is 12.6. The highest BCUT2D eigenvalue weighted by Crippen LogP contribution is 2.22. The van der Waals surface area contributed by atoms with E-state index in [9.17, 15) is 0 Å². The smallest absolute Gasteiger partial charge is 0.201 e. The van der Waals surface area contributed by atoms with Crippen LogP contribution >= 0.6 is 11.6 Å². The zero-order valence-electron chi connectivity index (χ0n) is 10.3. The van der Waals surface area contributed by atoms with Crippen molar-refractivity contribution in [3.8, 4) is 0 Å². The number of rotatable bonds is 3. The van der Waals surface area contributed by atoms with Crippen LogP contribution in [0.1, 0.15) is 6.92 Å². The van der Waals surface area contributed by atoms with Crippen molar-refractivity contribution < 1.29 is 0 Å². The molecular formula is C12H17ClN4. The molecule has 0 aliphatic carbocycles. The average Bonchev–Trinajstić information content (AvgIpc) is 2.54. The van der Waals surface area contributed by atoms with Crippen LogP contribution in [0.4, 0.5) is 5.95 Å². The van der Waals surface area contributed by atoms with Crippen LogP contribution in [0.3, 0.4) is 0 Å². The summed E-state index contributed by atoms with van der Waals surface area (Å²) in [5, 5.41) is 0.683. The zero-order valence-corrected chi connectivity index (χ0v) is 11.1. The first-order valence-corrected chi connectivity index (χ1v) is 5.94. The molecule has 0 saturated carbocycles. The minimum atomic E-state index is 0.394. The Morgan fingerprint density at radius 3 is 2.82 bits per heavy atom. The number of benzene rings is 1. The first kappa shape index (κ1) is 12.2. The molecule has 5 heteroatoms. The largest absolute Gasteiger partial charge is 0.369 e. The van der Waals surface area contributed by atoms with Gasteiger partial charge in [-0.05, 0) is 39.2 Å².